The van der Waals surface area contributed by atoms with Crippen molar-refractivity contribution < 1.29 is 0 Å². The Hall–Kier alpha value is -1.52. The largest absolute Gasteiger partial charge is 0.401 e. The monoisotopic (exact) mass is 246 g/mol. The van der Waals surface area contributed by atoms with Gasteiger partial charge in [0.1, 0.15) is 0 Å². The van der Waals surface area contributed by atoms with Gasteiger partial charge in [-0.25, -0.2) is 5.84 Å². The predicted molar refractivity (Wildman–Crippen MR) is 75.7 cm³/mol. The first-order valence-corrected chi connectivity index (χ1v) is 6.45. The van der Waals surface area contributed by atoms with Crippen LogP contribution in [-0.2, 0) is 0 Å². The number of rotatable bonds is 3. The van der Waals surface area contributed by atoms with Crippen molar-refractivity contribution >= 4 is 5.69 Å². The second-order valence-electron chi connectivity index (χ2n) is 4.90. The van der Waals surface area contributed by atoms with Crippen molar-refractivity contribution in [2.45, 2.75) is 19.8 Å². The van der Waals surface area contributed by atoms with Gasteiger partial charge in [-0.15, -0.1) is 0 Å². The highest BCUT2D eigenvalue weighted by Crippen LogP contribution is 2.19. The molecule has 18 heavy (non-hydrogen) atoms. The van der Waals surface area contributed by atoms with Crippen molar-refractivity contribution in [2.24, 2.45) is 17.5 Å². The van der Waals surface area contributed by atoms with Gasteiger partial charge >= 0.3 is 0 Å². The van der Waals surface area contributed by atoms with Crippen molar-refractivity contribution in [3.8, 4) is 0 Å². The summed E-state index contributed by atoms with van der Waals surface area (Å²) in [5, 5.41) is 4.95. The number of hydrazine groups is 1. The van der Waals surface area contributed by atoms with Gasteiger partial charge in [0.05, 0.1) is 5.69 Å². The third-order valence-corrected chi connectivity index (χ3v) is 3.40. The molecule has 1 saturated heterocycles. The summed E-state index contributed by atoms with van der Waals surface area (Å²) in [7, 11) is 0. The van der Waals surface area contributed by atoms with Crippen molar-refractivity contribution in [2.75, 3.05) is 18.1 Å². The van der Waals surface area contributed by atoms with E-state index in [0.29, 0.717) is 5.92 Å². The Labute approximate surface area is 109 Å². The topological polar surface area (TPSA) is 67.3 Å². The van der Waals surface area contributed by atoms with Crippen LogP contribution in [0.5, 0.6) is 0 Å². The van der Waals surface area contributed by atoms with Gasteiger partial charge in [-0.1, -0.05) is 12.1 Å². The summed E-state index contributed by atoms with van der Waals surface area (Å²) in [6.45, 7) is 4.12. The molecule has 0 unspecified atom stereocenters. The van der Waals surface area contributed by atoms with E-state index in [9.17, 15) is 0 Å². The van der Waals surface area contributed by atoms with Crippen molar-refractivity contribution in [3.63, 3.8) is 0 Å². The molecule has 4 heteroatoms. The van der Waals surface area contributed by atoms with Crippen LogP contribution in [0.1, 0.15) is 18.4 Å². The van der Waals surface area contributed by atoms with Gasteiger partial charge in [0, 0.05) is 17.8 Å². The number of hydrogen-bond donors (Lipinski definition) is 3. The first-order valence-electron chi connectivity index (χ1n) is 6.45. The number of nitrogens with zero attached hydrogens (tertiary/aromatic N) is 1. The number of piperidine rings is 1. The van der Waals surface area contributed by atoms with Gasteiger partial charge in [0.15, 0.2) is 0 Å². The maximum Gasteiger partial charge on any atom is 0.0571 e. The van der Waals surface area contributed by atoms with Crippen molar-refractivity contribution in [3.05, 3.63) is 41.7 Å². The molecular formula is C14H22N4. The number of allylic oxidation sites excluding steroid dienone is 1. The molecule has 1 heterocycles. The second-order valence-corrected chi connectivity index (χ2v) is 4.90. The lowest BCUT2D eigenvalue weighted by molar-refractivity contribution is 0.416. The van der Waals surface area contributed by atoms with Gasteiger partial charge < -0.3 is 11.1 Å². The molecule has 4 nitrogen and oxygen atoms in total. The number of anilines is 1. The van der Waals surface area contributed by atoms with E-state index < -0.39 is 0 Å². The molecule has 0 amide bonds. The fourth-order valence-corrected chi connectivity index (χ4v) is 2.28. The fourth-order valence-electron chi connectivity index (χ4n) is 2.28. The lowest BCUT2D eigenvalue weighted by atomic mass is 9.95. The van der Waals surface area contributed by atoms with E-state index in [4.69, 9.17) is 11.6 Å². The predicted octanol–water partition coefficient (Wildman–Crippen LogP) is 1.47. The van der Waals surface area contributed by atoms with E-state index in [0.717, 1.165) is 37.3 Å². The number of benzene rings is 1. The van der Waals surface area contributed by atoms with Gasteiger partial charge in [-0.2, -0.15) is 0 Å². The van der Waals surface area contributed by atoms with Crippen LogP contribution in [0.25, 0.3) is 0 Å². The highest BCUT2D eigenvalue weighted by atomic mass is 15.4. The molecule has 1 aromatic rings. The summed E-state index contributed by atoms with van der Waals surface area (Å²) in [5.41, 5.74) is 9.17. The van der Waals surface area contributed by atoms with Crippen LogP contribution in [0.4, 0.5) is 5.69 Å². The van der Waals surface area contributed by atoms with Gasteiger partial charge in [-0.3, -0.25) is 5.01 Å². The summed E-state index contributed by atoms with van der Waals surface area (Å²) in [6, 6.07) is 8.09. The highest BCUT2D eigenvalue weighted by Gasteiger charge is 2.15. The van der Waals surface area contributed by atoms with Crippen molar-refractivity contribution in [1.29, 1.82) is 0 Å². The molecule has 0 saturated carbocycles. The molecule has 1 fully saturated rings. The number of nitrogens with one attached hydrogen (secondary N) is 1. The molecule has 1 aliphatic heterocycles. The molecular weight excluding hydrogens is 224 g/mol. The molecule has 1 aliphatic rings. The van der Waals surface area contributed by atoms with Gasteiger partial charge in [0.2, 0.25) is 0 Å². The maximum atomic E-state index is 6.14. The zero-order valence-electron chi connectivity index (χ0n) is 10.9. The third-order valence-electron chi connectivity index (χ3n) is 3.40. The van der Waals surface area contributed by atoms with E-state index in [-0.39, 0.29) is 0 Å². The normalized spacial score (nSPS) is 17.8. The second kappa shape index (κ2) is 5.89. The number of nitrogens with two attached hydrogens (primary N) is 2. The molecule has 0 radical (unpaired) electrons. The lowest BCUT2D eigenvalue weighted by Crippen LogP contribution is -2.33. The summed E-state index contributed by atoms with van der Waals surface area (Å²) in [6.07, 6.45) is 4.03. The molecule has 0 bridgehead atoms. The minimum Gasteiger partial charge on any atom is -0.401 e. The molecule has 0 aromatic heterocycles. The Balaban J connectivity index is 2.06. The Morgan fingerprint density at radius 1 is 1.39 bits per heavy atom. The number of hydrogen-bond acceptors (Lipinski definition) is 4. The third kappa shape index (κ3) is 3.24. The smallest absolute Gasteiger partial charge is 0.0571 e. The molecule has 0 aliphatic carbocycles. The van der Waals surface area contributed by atoms with E-state index in [2.05, 4.69) is 18.3 Å². The van der Waals surface area contributed by atoms with E-state index >= 15 is 0 Å². The highest BCUT2D eigenvalue weighted by molar-refractivity contribution is 5.49. The molecule has 1 aromatic carbocycles. The van der Waals surface area contributed by atoms with Crippen LogP contribution < -0.4 is 21.9 Å². The van der Waals surface area contributed by atoms with Crippen LogP contribution in [-0.4, -0.2) is 13.1 Å². The zero-order valence-corrected chi connectivity index (χ0v) is 10.9. The zero-order chi connectivity index (χ0) is 13.0. The van der Waals surface area contributed by atoms with E-state index in [1.54, 1.807) is 5.01 Å². The number of aryl methyl sites for hydroxylation is 1. The molecule has 2 rings (SSSR count). The van der Waals surface area contributed by atoms with Crippen LogP contribution in [0.3, 0.4) is 0 Å². The van der Waals surface area contributed by atoms with E-state index in [1.807, 2.05) is 24.4 Å². The lowest BCUT2D eigenvalue weighted by Gasteiger charge is -2.24. The Morgan fingerprint density at radius 2 is 2.11 bits per heavy atom. The standard InChI is InChI=1S/C14H22N4/c1-11-3-2-4-13(9-11)18(16)10-14(15)12-5-7-17-8-6-12/h2-4,9-10,12,17H,5-8,15-16H2,1H3/b14-10-. The Bertz CT molecular complexity index is 422. The summed E-state index contributed by atoms with van der Waals surface area (Å²) >= 11 is 0. The minimum absolute atomic E-state index is 0.446. The summed E-state index contributed by atoms with van der Waals surface area (Å²) in [5.74, 6) is 6.48. The van der Waals surface area contributed by atoms with Crippen LogP contribution >= 0.6 is 0 Å². The molecule has 0 atom stereocenters. The molecule has 5 N–H and O–H groups in total. The van der Waals surface area contributed by atoms with Crippen LogP contribution in [0, 0.1) is 12.8 Å². The average Bonchev–Trinajstić information content (AvgIpc) is 2.39. The molecule has 0 spiro atoms. The Morgan fingerprint density at radius 3 is 2.78 bits per heavy atom. The van der Waals surface area contributed by atoms with Crippen LogP contribution in [0.2, 0.25) is 0 Å². The fraction of sp³-hybridized carbons (Fsp3) is 0.429. The summed E-state index contributed by atoms with van der Waals surface area (Å²) < 4.78 is 0. The van der Waals surface area contributed by atoms with Crippen molar-refractivity contribution in [1.82, 2.24) is 5.32 Å². The SMILES string of the molecule is Cc1cccc(N(N)/C=C(\N)C2CCNCC2)c1. The van der Waals surface area contributed by atoms with Crippen LogP contribution in [0.15, 0.2) is 36.2 Å². The van der Waals surface area contributed by atoms with Gasteiger partial charge in [-0.05, 0) is 50.6 Å². The minimum atomic E-state index is 0.446. The Kier molecular flexibility index (Phi) is 4.23. The van der Waals surface area contributed by atoms with Gasteiger partial charge in [0.25, 0.3) is 0 Å². The quantitative estimate of drug-likeness (QED) is 0.558. The summed E-state index contributed by atoms with van der Waals surface area (Å²) in [4.78, 5) is 0. The molecule has 98 valence electrons. The maximum absolute atomic E-state index is 6.14. The van der Waals surface area contributed by atoms with E-state index in [1.165, 1.54) is 5.56 Å². The average molecular weight is 246 g/mol. The first-order chi connectivity index (χ1) is 8.66. The first kappa shape index (κ1) is 12.9.